The minimum atomic E-state index is 0. The van der Waals surface area contributed by atoms with E-state index in [1.165, 1.54) is 0 Å². The predicted molar refractivity (Wildman–Crippen MR) is 54.4 cm³/mol. The third-order valence-corrected chi connectivity index (χ3v) is 1.97. The Morgan fingerprint density at radius 2 is 2.31 bits per heavy atom. The van der Waals surface area contributed by atoms with Gasteiger partial charge < -0.3 is 10.5 Å². The van der Waals surface area contributed by atoms with Gasteiger partial charge in [0.15, 0.2) is 0 Å². The lowest BCUT2D eigenvalue weighted by Crippen LogP contribution is -2.23. The van der Waals surface area contributed by atoms with Gasteiger partial charge in [-0.15, -0.1) is 24.8 Å². The molecule has 6 heteroatoms. The number of ether oxygens (including phenoxy) is 1. The van der Waals surface area contributed by atoms with Crippen LogP contribution in [0.2, 0.25) is 0 Å². The van der Waals surface area contributed by atoms with Crippen molar-refractivity contribution >= 4 is 24.8 Å². The summed E-state index contributed by atoms with van der Waals surface area (Å²) in [6, 6.07) is 2.02. The van der Waals surface area contributed by atoms with E-state index in [0.29, 0.717) is 0 Å². The molecule has 4 nitrogen and oxygen atoms in total. The Kier molecular flexibility index (Phi) is 5.32. The third kappa shape index (κ3) is 2.57. The second kappa shape index (κ2) is 5.44. The van der Waals surface area contributed by atoms with Crippen LogP contribution in [0.15, 0.2) is 12.3 Å². The highest BCUT2D eigenvalue weighted by Crippen LogP contribution is 2.25. The number of nitrogens with two attached hydrogens (primary N) is 1. The SMILES string of the molecule is Cl.Cl.N[C@@H]1CCO[C@H]1c1ccn[nH]1. The average Bonchev–Trinajstić information content (AvgIpc) is 2.55. The van der Waals surface area contributed by atoms with Gasteiger partial charge in [0.2, 0.25) is 0 Å². The molecular formula is C7H13Cl2N3O. The van der Waals surface area contributed by atoms with Crippen LogP contribution in [0.5, 0.6) is 0 Å². The Morgan fingerprint density at radius 3 is 2.77 bits per heavy atom. The van der Waals surface area contributed by atoms with Crippen LogP contribution in [-0.2, 0) is 4.74 Å². The van der Waals surface area contributed by atoms with Crippen molar-refractivity contribution in [3.05, 3.63) is 18.0 Å². The van der Waals surface area contributed by atoms with Crippen LogP contribution in [0, 0.1) is 0 Å². The van der Waals surface area contributed by atoms with Crippen LogP contribution in [0.3, 0.4) is 0 Å². The van der Waals surface area contributed by atoms with Gasteiger partial charge in [0.25, 0.3) is 0 Å². The van der Waals surface area contributed by atoms with Crippen LogP contribution < -0.4 is 5.73 Å². The van der Waals surface area contributed by atoms with Gasteiger partial charge in [0.05, 0.1) is 5.69 Å². The number of nitrogens with zero attached hydrogens (tertiary/aromatic N) is 1. The second-order valence-corrected chi connectivity index (χ2v) is 2.76. The number of hydrogen-bond donors (Lipinski definition) is 2. The lowest BCUT2D eigenvalue weighted by Gasteiger charge is -2.11. The molecule has 1 fully saturated rings. The van der Waals surface area contributed by atoms with Gasteiger partial charge in [-0.1, -0.05) is 0 Å². The highest BCUT2D eigenvalue weighted by atomic mass is 35.5. The van der Waals surface area contributed by atoms with Crippen molar-refractivity contribution < 1.29 is 4.74 Å². The molecule has 0 unspecified atom stereocenters. The molecule has 1 aromatic rings. The molecular weight excluding hydrogens is 213 g/mol. The van der Waals surface area contributed by atoms with Crippen molar-refractivity contribution in [1.29, 1.82) is 0 Å². The quantitative estimate of drug-likeness (QED) is 0.752. The van der Waals surface area contributed by atoms with Crippen molar-refractivity contribution in [2.75, 3.05) is 6.61 Å². The molecule has 13 heavy (non-hydrogen) atoms. The molecule has 0 amide bonds. The summed E-state index contributed by atoms with van der Waals surface area (Å²) in [7, 11) is 0. The van der Waals surface area contributed by atoms with E-state index in [4.69, 9.17) is 10.5 Å². The van der Waals surface area contributed by atoms with Gasteiger partial charge in [0.1, 0.15) is 6.10 Å². The minimum Gasteiger partial charge on any atom is -0.370 e. The summed E-state index contributed by atoms with van der Waals surface area (Å²) >= 11 is 0. The van der Waals surface area contributed by atoms with E-state index in [0.717, 1.165) is 18.7 Å². The fraction of sp³-hybridized carbons (Fsp3) is 0.571. The van der Waals surface area contributed by atoms with E-state index in [1.807, 2.05) is 6.07 Å². The fourth-order valence-electron chi connectivity index (χ4n) is 1.35. The smallest absolute Gasteiger partial charge is 0.114 e. The average molecular weight is 226 g/mol. The van der Waals surface area contributed by atoms with Crippen LogP contribution in [0.1, 0.15) is 18.2 Å². The maximum absolute atomic E-state index is 5.80. The summed E-state index contributed by atoms with van der Waals surface area (Å²) in [5, 5.41) is 6.70. The van der Waals surface area contributed by atoms with E-state index in [-0.39, 0.29) is 37.0 Å². The Labute approximate surface area is 89.0 Å². The zero-order chi connectivity index (χ0) is 7.68. The molecule has 0 aromatic carbocycles. The highest BCUT2D eigenvalue weighted by Gasteiger charge is 2.26. The molecule has 0 radical (unpaired) electrons. The number of aromatic amines is 1. The Balaban J connectivity index is 0.000000720. The van der Waals surface area contributed by atoms with E-state index < -0.39 is 0 Å². The minimum absolute atomic E-state index is 0. The molecule has 2 heterocycles. The standard InChI is InChI=1S/C7H11N3O.2ClH/c8-5-2-4-11-7(5)6-1-3-9-10-6;;/h1,3,5,7H,2,4,8H2,(H,9,10);2*1H/t5-,7-;;/m1../s1. The summed E-state index contributed by atoms with van der Waals surface area (Å²) in [5.74, 6) is 0. The van der Waals surface area contributed by atoms with Crippen molar-refractivity contribution in [2.24, 2.45) is 5.73 Å². The van der Waals surface area contributed by atoms with E-state index >= 15 is 0 Å². The number of nitrogens with one attached hydrogen (secondary N) is 1. The zero-order valence-corrected chi connectivity index (χ0v) is 8.61. The second-order valence-electron chi connectivity index (χ2n) is 2.76. The molecule has 2 atom stereocenters. The van der Waals surface area contributed by atoms with Gasteiger partial charge in [-0.2, -0.15) is 5.10 Å². The Morgan fingerprint density at radius 1 is 1.54 bits per heavy atom. The van der Waals surface area contributed by atoms with E-state index in [9.17, 15) is 0 Å². The van der Waals surface area contributed by atoms with E-state index in [2.05, 4.69) is 10.2 Å². The number of rotatable bonds is 1. The summed E-state index contributed by atoms with van der Waals surface area (Å²) in [5.41, 5.74) is 6.78. The van der Waals surface area contributed by atoms with Crippen molar-refractivity contribution in [2.45, 2.75) is 18.6 Å². The van der Waals surface area contributed by atoms with Crippen LogP contribution in [0.25, 0.3) is 0 Å². The molecule has 3 N–H and O–H groups in total. The normalized spacial score (nSPS) is 26.2. The number of halogens is 2. The van der Waals surface area contributed by atoms with Gasteiger partial charge in [-0.3, -0.25) is 5.10 Å². The summed E-state index contributed by atoms with van der Waals surface area (Å²) in [6.07, 6.45) is 2.67. The first kappa shape index (κ1) is 12.7. The fourth-order valence-corrected chi connectivity index (χ4v) is 1.35. The molecule has 2 rings (SSSR count). The Bertz CT molecular complexity index is 230. The number of H-pyrrole nitrogens is 1. The van der Waals surface area contributed by atoms with Gasteiger partial charge >= 0.3 is 0 Å². The van der Waals surface area contributed by atoms with Crippen molar-refractivity contribution in [3.8, 4) is 0 Å². The molecule has 0 saturated carbocycles. The number of aromatic nitrogens is 2. The molecule has 1 aliphatic rings. The van der Waals surface area contributed by atoms with Crippen LogP contribution in [-0.4, -0.2) is 22.8 Å². The van der Waals surface area contributed by atoms with E-state index in [1.54, 1.807) is 6.20 Å². The first-order valence-corrected chi connectivity index (χ1v) is 3.74. The highest BCUT2D eigenvalue weighted by molar-refractivity contribution is 5.85. The van der Waals surface area contributed by atoms with Crippen molar-refractivity contribution in [3.63, 3.8) is 0 Å². The summed E-state index contributed by atoms with van der Waals surface area (Å²) < 4.78 is 5.41. The lowest BCUT2D eigenvalue weighted by molar-refractivity contribution is 0.101. The molecule has 76 valence electrons. The number of hydrogen-bond acceptors (Lipinski definition) is 3. The third-order valence-electron chi connectivity index (χ3n) is 1.97. The Hall–Kier alpha value is -0.290. The summed E-state index contributed by atoms with van der Waals surface area (Å²) in [6.45, 7) is 0.755. The molecule has 1 aromatic heterocycles. The maximum atomic E-state index is 5.80. The monoisotopic (exact) mass is 225 g/mol. The molecule has 1 aliphatic heterocycles. The zero-order valence-electron chi connectivity index (χ0n) is 6.97. The first-order valence-electron chi connectivity index (χ1n) is 3.74. The largest absolute Gasteiger partial charge is 0.370 e. The predicted octanol–water partition coefficient (Wildman–Crippen LogP) is 1.04. The van der Waals surface area contributed by atoms with Crippen LogP contribution >= 0.6 is 24.8 Å². The molecule has 0 aliphatic carbocycles. The summed E-state index contributed by atoms with van der Waals surface area (Å²) in [4.78, 5) is 0. The molecule has 0 spiro atoms. The molecule has 1 saturated heterocycles. The van der Waals surface area contributed by atoms with Gasteiger partial charge in [-0.25, -0.2) is 0 Å². The lowest BCUT2D eigenvalue weighted by atomic mass is 10.1. The van der Waals surface area contributed by atoms with Crippen molar-refractivity contribution in [1.82, 2.24) is 10.2 Å². The van der Waals surface area contributed by atoms with Gasteiger partial charge in [-0.05, 0) is 12.5 Å². The van der Waals surface area contributed by atoms with Crippen LogP contribution in [0.4, 0.5) is 0 Å². The molecule has 0 bridgehead atoms. The first-order chi connectivity index (χ1) is 5.38. The topological polar surface area (TPSA) is 63.9 Å². The van der Waals surface area contributed by atoms with Gasteiger partial charge in [0, 0.05) is 18.8 Å². The maximum Gasteiger partial charge on any atom is 0.114 e.